The number of carbonyl (C=O) groups excluding carboxylic acids is 1. The molecule has 0 aliphatic heterocycles. The average molecular weight is 143 g/mol. The lowest BCUT2D eigenvalue weighted by Gasteiger charge is -2.09. The molecule has 0 saturated heterocycles. The second-order valence-corrected chi connectivity index (χ2v) is 2.82. The van der Waals surface area contributed by atoms with Crippen LogP contribution in [0.25, 0.3) is 0 Å². The van der Waals surface area contributed by atoms with Crippen molar-refractivity contribution in [3.05, 3.63) is 0 Å². The van der Waals surface area contributed by atoms with Crippen LogP contribution < -0.4 is 5.11 Å². The number of unbranched alkanes of at least 4 members (excludes halogenated alkanes) is 1. The van der Waals surface area contributed by atoms with Crippen LogP contribution in [0.3, 0.4) is 0 Å². The van der Waals surface area contributed by atoms with Crippen molar-refractivity contribution in [3.8, 4) is 0 Å². The Balaban J connectivity index is 3.25. The predicted molar refractivity (Wildman–Crippen MR) is 38.3 cm³/mol. The van der Waals surface area contributed by atoms with Gasteiger partial charge in [0.05, 0.1) is 0 Å². The highest BCUT2D eigenvalue weighted by Gasteiger charge is 2.00. The average Bonchev–Trinajstić information content (AvgIpc) is 1.82. The molecule has 0 rings (SSSR count). The van der Waals surface area contributed by atoms with Crippen molar-refractivity contribution in [2.75, 3.05) is 0 Å². The molecule has 0 saturated carbocycles. The largest absolute Gasteiger partial charge is 0.550 e. The van der Waals surface area contributed by atoms with Crippen LogP contribution >= 0.6 is 0 Å². The highest BCUT2D eigenvalue weighted by Crippen LogP contribution is 2.10. The van der Waals surface area contributed by atoms with Gasteiger partial charge in [-0.25, -0.2) is 0 Å². The van der Waals surface area contributed by atoms with Gasteiger partial charge >= 0.3 is 0 Å². The van der Waals surface area contributed by atoms with Gasteiger partial charge in [0.2, 0.25) is 0 Å². The minimum Gasteiger partial charge on any atom is -0.550 e. The first-order valence-corrected chi connectivity index (χ1v) is 3.86. The molecule has 0 spiro atoms. The van der Waals surface area contributed by atoms with Crippen molar-refractivity contribution in [2.45, 2.75) is 39.5 Å². The topological polar surface area (TPSA) is 40.1 Å². The van der Waals surface area contributed by atoms with Crippen molar-refractivity contribution in [1.82, 2.24) is 0 Å². The lowest BCUT2D eigenvalue weighted by Crippen LogP contribution is -2.24. The summed E-state index contributed by atoms with van der Waals surface area (Å²) in [7, 11) is 0. The van der Waals surface area contributed by atoms with Crippen molar-refractivity contribution in [1.29, 1.82) is 0 Å². The summed E-state index contributed by atoms with van der Waals surface area (Å²) in [5.41, 5.74) is 0. The maximum absolute atomic E-state index is 10.1. The zero-order valence-corrected chi connectivity index (χ0v) is 6.72. The van der Waals surface area contributed by atoms with Crippen molar-refractivity contribution in [3.63, 3.8) is 0 Å². The van der Waals surface area contributed by atoms with Crippen LogP contribution in [0.1, 0.15) is 39.5 Å². The van der Waals surface area contributed by atoms with E-state index in [0.717, 1.165) is 19.3 Å². The number of carbonyl (C=O) groups is 1. The minimum absolute atomic E-state index is 0.208. The number of hydrogen-bond acceptors (Lipinski definition) is 2. The lowest BCUT2D eigenvalue weighted by atomic mass is 10.0. The third kappa shape index (κ3) is 5.60. The van der Waals surface area contributed by atoms with Crippen LogP contribution in [0, 0.1) is 5.92 Å². The zero-order valence-electron chi connectivity index (χ0n) is 6.72. The van der Waals surface area contributed by atoms with Gasteiger partial charge in [-0.2, -0.15) is 0 Å². The minimum atomic E-state index is -0.927. The Labute approximate surface area is 62.2 Å². The van der Waals surface area contributed by atoms with E-state index in [4.69, 9.17) is 0 Å². The fourth-order valence-corrected chi connectivity index (χ4v) is 0.939. The molecule has 0 bridgehead atoms. The molecule has 0 aliphatic carbocycles. The summed E-state index contributed by atoms with van der Waals surface area (Å²) in [5, 5.41) is 10.1. The van der Waals surface area contributed by atoms with E-state index in [1.165, 1.54) is 0 Å². The summed E-state index contributed by atoms with van der Waals surface area (Å²) in [4.78, 5) is 10.1. The third-order valence-electron chi connectivity index (χ3n) is 1.57. The van der Waals surface area contributed by atoms with E-state index in [1.807, 2.05) is 6.92 Å². The number of carboxylic acids is 1. The maximum atomic E-state index is 10.1. The predicted octanol–water partition coefficient (Wildman–Crippen LogP) is 0.953. The molecule has 2 heteroatoms. The van der Waals surface area contributed by atoms with Crippen molar-refractivity contribution >= 4 is 5.97 Å². The van der Waals surface area contributed by atoms with Gasteiger partial charge in [-0.15, -0.1) is 0 Å². The Morgan fingerprint density at radius 1 is 1.60 bits per heavy atom. The summed E-state index contributed by atoms with van der Waals surface area (Å²) < 4.78 is 0. The second-order valence-electron chi connectivity index (χ2n) is 2.82. The molecule has 2 nitrogen and oxygen atoms in total. The van der Waals surface area contributed by atoms with Crippen LogP contribution in [0.15, 0.2) is 0 Å². The number of carboxylic acid groups (broad SMARTS) is 1. The van der Waals surface area contributed by atoms with Gasteiger partial charge in [0, 0.05) is 5.97 Å². The number of aliphatic carboxylic acids is 1. The Hall–Kier alpha value is -0.530. The van der Waals surface area contributed by atoms with Crippen LogP contribution in [-0.2, 0) is 4.79 Å². The monoisotopic (exact) mass is 143 g/mol. The van der Waals surface area contributed by atoms with Crippen molar-refractivity contribution < 1.29 is 9.90 Å². The van der Waals surface area contributed by atoms with Gasteiger partial charge in [-0.3, -0.25) is 0 Å². The molecule has 1 unspecified atom stereocenters. The Morgan fingerprint density at radius 3 is 2.60 bits per heavy atom. The summed E-state index contributed by atoms with van der Waals surface area (Å²) in [6.45, 7) is 4.05. The number of hydrogen-bond donors (Lipinski definition) is 0. The van der Waals surface area contributed by atoms with E-state index < -0.39 is 5.97 Å². The van der Waals surface area contributed by atoms with E-state index in [-0.39, 0.29) is 12.3 Å². The highest BCUT2D eigenvalue weighted by molar-refractivity contribution is 5.64. The van der Waals surface area contributed by atoms with Gasteiger partial charge < -0.3 is 9.90 Å². The van der Waals surface area contributed by atoms with Crippen LogP contribution in [0.4, 0.5) is 0 Å². The van der Waals surface area contributed by atoms with E-state index in [1.54, 1.807) is 0 Å². The molecule has 0 aromatic carbocycles. The molecule has 60 valence electrons. The number of rotatable bonds is 5. The summed E-state index contributed by atoms with van der Waals surface area (Å²) in [6, 6.07) is 0. The van der Waals surface area contributed by atoms with Gasteiger partial charge in [-0.1, -0.05) is 33.1 Å². The molecular weight excluding hydrogens is 128 g/mol. The molecule has 0 radical (unpaired) electrons. The Morgan fingerprint density at radius 2 is 2.20 bits per heavy atom. The second kappa shape index (κ2) is 5.27. The molecule has 10 heavy (non-hydrogen) atoms. The fraction of sp³-hybridized carbons (Fsp3) is 0.875. The van der Waals surface area contributed by atoms with E-state index in [0.29, 0.717) is 0 Å². The van der Waals surface area contributed by atoms with E-state index in [2.05, 4.69) is 6.92 Å². The van der Waals surface area contributed by atoms with Gasteiger partial charge in [0.25, 0.3) is 0 Å². The van der Waals surface area contributed by atoms with Gasteiger partial charge in [0.15, 0.2) is 0 Å². The quantitative estimate of drug-likeness (QED) is 0.575. The lowest BCUT2D eigenvalue weighted by molar-refractivity contribution is -0.306. The summed E-state index contributed by atoms with van der Waals surface area (Å²) in [6.07, 6.45) is 3.47. The van der Waals surface area contributed by atoms with E-state index >= 15 is 0 Å². The summed E-state index contributed by atoms with van der Waals surface area (Å²) in [5.74, 6) is -0.645. The third-order valence-corrected chi connectivity index (χ3v) is 1.57. The van der Waals surface area contributed by atoms with Crippen molar-refractivity contribution in [2.24, 2.45) is 5.92 Å². The molecule has 0 N–H and O–H groups in total. The highest BCUT2D eigenvalue weighted by atomic mass is 16.4. The van der Waals surface area contributed by atoms with E-state index in [9.17, 15) is 9.90 Å². The van der Waals surface area contributed by atoms with Gasteiger partial charge in [0.1, 0.15) is 0 Å². The first-order valence-electron chi connectivity index (χ1n) is 3.86. The molecule has 1 atom stereocenters. The fourth-order valence-electron chi connectivity index (χ4n) is 0.939. The van der Waals surface area contributed by atoms with Crippen LogP contribution in [-0.4, -0.2) is 5.97 Å². The Bertz CT molecular complexity index is 99.4. The maximum Gasteiger partial charge on any atom is 0.0416 e. The first-order chi connectivity index (χ1) is 4.66. The molecule has 0 aliphatic rings. The smallest absolute Gasteiger partial charge is 0.0416 e. The van der Waals surface area contributed by atoms with Crippen LogP contribution in [0.5, 0.6) is 0 Å². The molecule has 0 amide bonds. The van der Waals surface area contributed by atoms with Crippen LogP contribution in [0.2, 0.25) is 0 Å². The standard InChI is InChI=1S/C8H16O2/c1-3-4-5-7(2)6-8(9)10/h7H,3-6H2,1-2H3,(H,9,10)/p-1. The molecule has 0 heterocycles. The molecule has 0 fully saturated rings. The zero-order chi connectivity index (χ0) is 7.98. The normalized spacial score (nSPS) is 13.0. The first kappa shape index (κ1) is 9.47. The molecule has 0 aromatic heterocycles. The molecule has 0 aromatic rings. The van der Waals surface area contributed by atoms with Gasteiger partial charge in [-0.05, 0) is 12.3 Å². The Kier molecular flexibility index (Phi) is 4.99. The SMILES string of the molecule is CCCCC(C)CC(=O)[O-]. The molecular formula is C8H15O2-. The summed E-state index contributed by atoms with van der Waals surface area (Å²) >= 11 is 0.